The summed E-state index contributed by atoms with van der Waals surface area (Å²) in [6.45, 7) is 0.727. The Labute approximate surface area is 133 Å². The van der Waals surface area contributed by atoms with Crippen molar-refractivity contribution in [2.45, 2.75) is 49.0 Å². The summed E-state index contributed by atoms with van der Waals surface area (Å²) in [5, 5.41) is 0.375. The van der Waals surface area contributed by atoms with E-state index in [1.807, 2.05) is 0 Å². The molecule has 1 saturated heterocycles. The van der Waals surface area contributed by atoms with Crippen LogP contribution in [0.5, 0.6) is 5.75 Å². The topological polar surface area (TPSA) is 26.3 Å². The minimum Gasteiger partial charge on any atom is -0.493 e. The number of allylic oxidation sites excluding steroid dienone is 1. The highest BCUT2D eigenvalue weighted by atomic mass is 32.2. The lowest BCUT2D eigenvalue weighted by molar-refractivity contribution is 0.298. The van der Waals surface area contributed by atoms with Gasteiger partial charge in [-0.1, -0.05) is 12.5 Å². The maximum Gasteiger partial charge on any atom is 0.126 e. The van der Waals surface area contributed by atoms with Gasteiger partial charge in [-0.2, -0.15) is 0 Å². The maximum absolute atomic E-state index is 13.7. The van der Waals surface area contributed by atoms with Crippen LogP contribution in [0.1, 0.15) is 44.1 Å². The lowest BCUT2D eigenvalue weighted by atomic mass is 9.93. The first-order chi connectivity index (χ1) is 10.7. The SMILES string of the molecule is O=S1C2C=C(c3cc(F)ccc3OCC3CC3)CC1CCC2. The van der Waals surface area contributed by atoms with E-state index in [0.717, 1.165) is 49.2 Å². The molecule has 2 fully saturated rings. The molecule has 2 heterocycles. The zero-order valence-corrected chi connectivity index (χ0v) is 13.4. The highest BCUT2D eigenvalue weighted by Gasteiger charge is 2.34. The Morgan fingerprint density at radius 3 is 2.86 bits per heavy atom. The van der Waals surface area contributed by atoms with Crippen molar-refractivity contribution in [1.29, 1.82) is 0 Å². The van der Waals surface area contributed by atoms with Crippen LogP contribution in [-0.2, 0) is 10.8 Å². The van der Waals surface area contributed by atoms with E-state index >= 15 is 0 Å². The van der Waals surface area contributed by atoms with Gasteiger partial charge in [0.25, 0.3) is 0 Å². The summed E-state index contributed by atoms with van der Waals surface area (Å²) in [6.07, 6.45) is 8.54. The van der Waals surface area contributed by atoms with Gasteiger partial charge in [0.2, 0.25) is 0 Å². The first-order valence-corrected chi connectivity index (χ1v) is 9.51. The second-order valence-corrected chi connectivity index (χ2v) is 8.64. The van der Waals surface area contributed by atoms with Gasteiger partial charge in [0.05, 0.1) is 11.9 Å². The van der Waals surface area contributed by atoms with Gasteiger partial charge in [-0.3, -0.25) is 4.21 Å². The van der Waals surface area contributed by atoms with Crippen LogP contribution < -0.4 is 4.74 Å². The standard InChI is InChI=1S/C18H21FO2S/c19-14-6-7-18(21-11-12-4-5-12)17(10-14)13-8-15-2-1-3-16(9-13)22(15)20/h6-8,10,12,15-16H,1-5,9,11H2. The highest BCUT2D eigenvalue weighted by Crippen LogP contribution is 2.40. The predicted molar refractivity (Wildman–Crippen MR) is 86.8 cm³/mol. The van der Waals surface area contributed by atoms with Gasteiger partial charge in [-0.05, 0) is 61.8 Å². The molecule has 22 heavy (non-hydrogen) atoms. The molecule has 1 aliphatic carbocycles. The van der Waals surface area contributed by atoms with Crippen molar-refractivity contribution in [2.24, 2.45) is 5.92 Å². The summed E-state index contributed by atoms with van der Waals surface area (Å²) in [7, 11) is -0.754. The fraction of sp³-hybridized carbons (Fsp3) is 0.556. The van der Waals surface area contributed by atoms with Crippen LogP contribution in [0, 0.1) is 11.7 Å². The van der Waals surface area contributed by atoms with Crippen molar-refractivity contribution < 1.29 is 13.3 Å². The number of fused-ring (bicyclic) bond motifs is 2. The molecule has 1 aromatic rings. The van der Waals surface area contributed by atoms with Gasteiger partial charge < -0.3 is 4.74 Å². The van der Waals surface area contributed by atoms with E-state index < -0.39 is 10.8 Å². The molecule has 2 bridgehead atoms. The van der Waals surface area contributed by atoms with Crippen molar-refractivity contribution >= 4 is 16.4 Å². The molecular formula is C18H21FO2S. The van der Waals surface area contributed by atoms with Crippen molar-refractivity contribution in [3.63, 3.8) is 0 Å². The number of rotatable bonds is 4. The molecular weight excluding hydrogens is 299 g/mol. The molecule has 0 aromatic heterocycles. The third kappa shape index (κ3) is 2.85. The Morgan fingerprint density at radius 2 is 2.09 bits per heavy atom. The Bertz CT molecular complexity index is 636. The Balaban J connectivity index is 1.65. The summed E-state index contributed by atoms with van der Waals surface area (Å²) >= 11 is 0. The molecule has 4 rings (SSSR count). The second kappa shape index (κ2) is 5.80. The molecule has 0 N–H and O–H groups in total. The second-order valence-electron chi connectivity index (χ2n) is 6.71. The highest BCUT2D eigenvalue weighted by molar-refractivity contribution is 7.86. The van der Waals surface area contributed by atoms with E-state index in [1.165, 1.54) is 18.9 Å². The molecule has 4 heteroatoms. The Hall–Kier alpha value is -1.16. The summed E-state index contributed by atoms with van der Waals surface area (Å²) in [5.41, 5.74) is 1.99. The first-order valence-electron chi connectivity index (χ1n) is 8.23. The minimum atomic E-state index is -0.754. The zero-order valence-electron chi connectivity index (χ0n) is 12.6. The average molecular weight is 320 g/mol. The number of halogens is 1. The van der Waals surface area contributed by atoms with Gasteiger partial charge in [0.1, 0.15) is 11.6 Å². The first kappa shape index (κ1) is 14.4. The molecule has 118 valence electrons. The van der Waals surface area contributed by atoms with Gasteiger partial charge in [-0.25, -0.2) is 4.39 Å². The van der Waals surface area contributed by atoms with Crippen LogP contribution in [0.3, 0.4) is 0 Å². The van der Waals surface area contributed by atoms with Gasteiger partial charge in [0.15, 0.2) is 0 Å². The molecule has 0 spiro atoms. The predicted octanol–water partition coefficient (Wildman–Crippen LogP) is 4.07. The molecule has 1 saturated carbocycles. The van der Waals surface area contributed by atoms with E-state index in [0.29, 0.717) is 5.92 Å². The van der Waals surface area contributed by atoms with Crippen LogP contribution in [0.15, 0.2) is 24.3 Å². The molecule has 2 nitrogen and oxygen atoms in total. The lowest BCUT2D eigenvalue weighted by Gasteiger charge is -2.33. The number of hydrogen-bond acceptors (Lipinski definition) is 2. The number of benzene rings is 1. The summed E-state index contributed by atoms with van der Waals surface area (Å²) in [6, 6.07) is 4.79. The summed E-state index contributed by atoms with van der Waals surface area (Å²) < 4.78 is 32.0. The van der Waals surface area contributed by atoms with Crippen molar-refractivity contribution in [3.05, 3.63) is 35.7 Å². The smallest absolute Gasteiger partial charge is 0.126 e. The van der Waals surface area contributed by atoms with E-state index in [9.17, 15) is 8.60 Å². The van der Waals surface area contributed by atoms with Gasteiger partial charge in [-0.15, -0.1) is 0 Å². The molecule has 3 atom stereocenters. The lowest BCUT2D eigenvalue weighted by Crippen LogP contribution is -2.33. The largest absolute Gasteiger partial charge is 0.493 e. The molecule has 0 radical (unpaired) electrons. The monoisotopic (exact) mass is 320 g/mol. The Morgan fingerprint density at radius 1 is 1.23 bits per heavy atom. The Kier molecular flexibility index (Phi) is 3.81. The van der Waals surface area contributed by atoms with Crippen molar-refractivity contribution in [3.8, 4) is 5.75 Å². The third-order valence-corrected chi connectivity index (χ3v) is 6.96. The minimum absolute atomic E-state index is 0.141. The van der Waals surface area contributed by atoms with Crippen LogP contribution in [0.4, 0.5) is 4.39 Å². The maximum atomic E-state index is 13.7. The molecule has 1 aromatic carbocycles. The fourth-order valence-electron chi connectivity index (χ4n) is 3.47. The van der Waals surface area contributed by atoms with Crippen LogP contribution in [0.2, 0.25) is 0 Å². The summed E-state index contributed by atoms with van der Waals surface area (Å²) in [5.74, 6) is 1.22. The van der Waals surface area contributed by atoms with Crippen LogP contribution >= 0.6 is 0 Å². The quantitative estimate of drug-likeness (QED) is 0.836. The molecule has 3 unspecified atom stereocenters. The normalized spacial score (nSPS) is 30.8. The van der Waals surface area contributed by atoms with E-state index in [-0.39, 0.29) is 16.3 Å². The van der Waals surface area contributed by atoms with E-state index in [2.05, 4.69) is 6.08 Å². The van der Waals surface area contributed by atoms with Gasteiger partial charge in [0, 0.05) is 21.6 Å². The molecule has 3 aliphatic rings. The zero-order chi connectivity index (χ0) is 15.1. The van der Waals surface area contributed by atoms with Crippen molar-refractivity contribution in [2.75, 3.05) is 6.61 Å². The summed E-state index contributed by atoms with van der Waals surface area (Å²) in [4.78, 5) is 0. The number of hydrogen-bond donors (Lipinski definition) is 0. The van der Waals surface area contributed by atoms with Crippen LogP contribution in [0.25, 0.3) is 5.57 Å². The van der Waals surface area contributed by atoms with Crippen molar-refractivity contribution in [1.82, 2.24) is 0 Å². The third-order valence-electron chi connectivity index (χ3n) is 4.94. The van der Waals surface area contributed by atoms with E-state index in [1.54, 1.807) is 12.1 Å². The fourth-order valence-corrected chi connectivity index (χ4v) is 5.40. The number of ether oxygens (including phenoxy) is 1. The van der Waals surface area contributed by atoms with Gasteiger partial charge >= 0.3 is 0 Å². The van der Waals surface area contributed by atoms with Crippen LogP contribution in [-0.4, -0.2) is 21.3 Å². The van der Waals surface area contributed by atoms with E-state index in [4.69, 9.17) is 4.74 Å². The average Bonchev–Trinajstić information content (AvgIpc) is 3.30. The molecule has 2 aliphatic heterocycles. The molecule has 0 amide bonds.